The van der Waals surface area contributed by atoms with Gasteiger partial charge in [0, 0.05) is 13.2 Å². The fourth-order valence-electron chi connectivity index (χ4n) is 2.00. The summed E-state index contributed by atoms with van der Waals surface area (Å²) in [7, 11) is 0. The second-order valence-electron chi connectivity index (χ2n) is 4.08. The minimum atomic E-state index is -0.129. The fraction of sp³-hybridized carbons (Fsp3) is 0.385. The van der Waals surface area contributed by atoms with Crippen molar-refractivity contribution >= 4 is 11.0 Å². The number of aryl methyl sites for hydroxylation is 1. The van der Waals surface area contributed by atoms with E-state index in [9.17, 15) is 5.11 Å². The third kappa shape index (κ3) is 2.35. The van der Waals surface area contributed by atoms with Crippen molar-refractivity contribution in [2.24, 2.45) is 0 Å². The number of benzene rings is 1. The number of aliphatic hydroxyl groups is 2. The van der Waals surface area contributed by atoms with Gasteiger partial charge in [0.25, 0.3) is 0 Å². The Morgan fingerprint density at radius 1 is 1.28 bits per heavy atom. The summed E-state index contributed by atoms with van der Waals surface area (Å²) >= 11 is 0. The minimum absolute atomic E-state index is 0.129. The van der Waals surface area contributed by atoms with E-state index in [1.54, 1.807) is 12.1 Å². The van der Waals surface area contributed by atoms with Gasteiger partial charge in [-0.15, -0.1) is 0 Å². The zero-order valence-corrected chi connectivity index (χ0v) is 10.0. The van der Waals surface area contributed by atoms with Crippen LogP contribution >= 0.6 is 0 Å². The molecule has 1 aromatic heterocycles. The van der Waals surface area contributed by atoms with Crippen LogP contribution in [0.4, 0.5) is 0 Å². The van der Waals surface area contributed by atoms with Crippen LogP contribution in [-0.2, 0) is 13.2 Å². The molecule has 0 radical (unpaired) electrons. The molecule has 1 aromatic carbocycles. The standard InChI is InChI=1S/C13H15N3O2/c14-8-10-3-4-12-11(7-10)15-13(9-18)16(12)5-1-2-6-17/h3-4,7,17-18H,1-2,5-6,9H2. The number of hydrogen-bond donors (Lipinski definition) is 2. The lowest BCUT2D eigenvalue weighted by molar-refractivity contribution is 0.261. The summed E-state index contributed by atoms with van der Waals surface area (Å²) in [6.45, 7) is 0.744. The van der Waals surface area contributed by atoms with Crippen molar-refractivity contribution in [1.29, 1.82) is 5.26 Å². The first-order chi connectivity index (χ1) is 8.80. The molecule has 0 amide bonds. The van der Waals surface area contributed by atoms with Crippen LogP contribution in [-0.4, -0.2) is 26.4 Å². The Labute approximate surface area is 105 Å². The van der Waals surface area contributed by atoms with Crippen LogP contribution in [0.15, 0.2) is 18.2 Å². The van der Waals surface area contributed by atoms with Crippen molar-refractivity contribution in [2.75, 3.05) is 6.61 Å². The average Bonchev–Trinajstić information content (AvgIpc) is 2.76. The van der Waals surface area contributed by atoms with Crippen LogP contribution in [0.2, 0.25) is 0 Å². The van der Waals surface area contributed by atoms with Gasteiger partial charge in [-0.05, 0) is 31.0 Å². The lowest BCUT2D eigenvalue weighted by atomic mass is 10.2. The van der Waals surface area contributed by atoms with Crippen molar-refractivity contribution in [3.05, 3.63) is 29.6 Å². The predicted molar refractivity (Wildman–Crippen MR) is 66.7 cm³/mol. The molecule has 0 bridgehead atoms. The third-order valence-electron chi connectivity index (χ3n) is 2.89. The maximum Gasteiger partial charge on any atom is 0.135 e. The molecule has 2 aromatic rings. The normalized spacial score (nSPS) is 10.7. The van der Waals surface area contributed by atoms with Gasteiger partial charge in [0.15, 0.2) is 0 Å². The Kier molecular flexibility index (Phi) is 3.92. The predicted octanol–water partition coefficient (Wildman–Crippen LogP) is 1.17. The molecule has 0 aliphatic carbocycles. The summed E-state index contributed by atoms with van der Waals surface area (Å²) < 4.78 is 1.94. The highest BCUT2D eigenvalue weighted by Gasteiger charge is 2.10. The van der Waals surface area contributed by atoms with Gasteiger partial charge < -0.3 is 14.8 Å². The highest BCUT2D eigenvalue weighted by molar-refractivity contribution is 5.77. The summed E-state index contributed by atoms with van der Waals surface area (Å²) in [4.78, 5) is 4.32. The largest absolute Gasteiger partial charge is 0.396 e. The zero-order chi connectivity index (χ0) is 13.0. The Bertz CT molecular complexity index is 584. The molecular formula is C13H15N3O2. The van der Waals surface area contributed by atoms with Crippen LogP contribution in [0.1, 0.15) is 24.2 Å². The topological polar surface area (TPSA) is 82.1 Å². The molecular weight excluding hydrogens is 230 g/mol. The quantitative estimate of drug-likeness (QED) is 0.775. The molecule has 0 atom stereocenters. The molecule has 18 heavy (non-hydrogen) atoms. The summed E-state index contributed by atoms with van der Waals surface area (Å²) in [5.74, 6) is 0.595. The monoisotopic (exact) mass is 245 g/mol. The summed E-state index contributed by atoms with van der Waals surface area (Å²) in [5, 5.41) is 26.9. The first-order valence-electron chi connectivity index (χ1n) is 5.91. The average molecular weight is 245 g/mol. The molecule has 0 saturated carbocycles. The smallest absolute Gasteiger partial charge is 0.135 e. The van der Waals surface area contributed by atoms with Crippen molar-refractivity contribution in [2.45, 2.75) is 26.0 Å². The van der Waals surface area contributed by atoms with E-state index in [2.05, 4.69) is 11.1 Å². The number of aliphatic hydroxyl groups excluding tert-OH is 2. The third-order valence-corrected chi connectivity index (χ3v) is 2.89. The van der Waals surface area contributed by atoms with Crippen LogP contribution < -0.4 is 0 Å². The van der Waals surface area contributed by atoms with Crippen LogP contribution in [0.5, 0.6) is 0 Å². The molecule has 0 spiro atoms. The molecule has 2 N–H and O–H groups in total. The molecule has 94 valence electrons. The van der Waals surface area contributed by atoms with Gasteiger partial charge in [-0.25, -0.2) is 4.98 Å². The summed E-state index contributed by atoms with van der Waals surface area (Å²) in [5.41, 5.74) is 2.20. The SMILES string of the molecule is N#Cc1ccc2c(c1)nc(CO)n2CCCCO. The molecule has 2 rings (SSSR count). The molecule has 0 fully saturated rings. The van der Waals surface area contributed by atoms with E-state index in [1.807, 2.05) is 10.6 Å². The highest BCUT2D eigenvalue weighted by atomic mass is 16.3. The van der Waals surface area contributed by atoms with E-state index < -0.39 is 0 Å². The zero-order valence-electron chi connectivity index (χ0n) is 10.0. The van der Waals surface area contributed by atoms with E-state index in [1.165, 1.54) is 0 Å². The summed E-state index contributed by atoms with van der Waals surface area (Å²) in [6, 6.07) is 7.38. The number of hydrogen-bond acceptors (Lipinski definition) is 4. The van der Waals surface area contributed by atoms with Gasteiger partial charge in [-0.1, -0.05) is 0 Å². The van der Waals surface area contributed by atoms with Crippen LogP contribution in [0, 0.1) is 11.3 Å². The minimum Gasteiger partial charge on any atom is -0.396 e. The van der Waals surface area contributed by atoms with E-state index in [0.29, 0.717) is 17.9 Å². The van der Waals surface area contributed by atoms with E-state index >= 15 is 0 Å². The molecule has 0 aliphatic heterocycles. The number of aromatic nitrogens is 2. The van der Waals surface area contributed by atoms with Gasteiger partial charge in [0.2, 0.25) is 0 Å². The lowest BCUT2D eigenvalue weighted by Gasteiger charge is -2.06. The van der Waals surface area contributed by atoms with Gasteiger partial charge in [0.05, 0.1) is 22.7 Å². The number of rotatable bonds is 5. The lowest BCUT2D eigenvalue weighted by Crippen LogP contribution is -2.04. The van der Waals surface area contributed by atoms with Crippen molar-refractivity contribution in [3.8, 4) is 6.07 Å². The molecule has 0 saturated heterocycles. The van der Waals surface area contributed by atoms with Crippen LogP contribution in [0.3, 0.4) is 0 Å². The first-order valence-corrected chi connectivity index (χ1v) is 5.91. The van der Waals surface area contributed by atoms with E-state index in [0.717, 1.165) is 23.9 Å². The Balaban J connectivity index is 2.40. The number of fused-ring (bicyclic) bond motifs is 1. The Morgan fingerprint density at radius 3 is 2.78 bits per heavy atom. The molecule has 0 aliphatic rings. The van der Waals surface area contributed by atoms with E-state index in [-0.39, 0.29) is 13.2 Å². The number of imidazole rings is 1. The van der Waals surface area contributed by atoms with Crippen molar-refractivity contribution in [1.82, 2.24) is 9.55 Å². The Hall–Kier alpha value is -1.90. The van der Waals surface area contributed by atoms with Crippen molar-refractivity contribution < 1.29 is 10.2 Å². The second-order valence-corrected chi connectivity index (χ2v) is 4.08. The highest BCUT2D eigenvalue weighted by Crippen LogP contribution is 2.18. The molecule has 0 unspecified atom stereocenters. The maximum atomic E-state index is 9.30. The van der Waals surface area contributed by atoms with E-state index in [4.69, 9.17) is 10.4 Å². The van der Waals surface area contributed by atoms with Gasteiger partial charge in [0.1, 0.15) is 12.4 Å². The first kappa shape index (κ1) is 12.6. The number of nitrogens with zero attached hydrogens (tertiary/aromatic N) is 3. The molecule has 1 heterocycles. The molecule has 5 heteroatoms. The summed E-state index contributed by atoms with van der Waals surface area (Å²) in [6.07, 6.45) is 1.55. The van der Waals surface area contributed by atoms with Gasteiger partial charge in [-0.2, -0.15) is 5.26 Å². The second kappa shape index (κ2) is 5.63. The Morgan fingerprint density at radius 2 is 2.11 bits per heavy atom. The van der Waals surface area contributed by atoms with Gasteiger partial charge in [-0.3, -0.25) is 0 Å². The number of unbranched alkanes of at least 4 members (excludes halogenated alkanes) is 1. The fourth-order valence-corrected chi connectivity index (χ4v) is 2.00. The number of nitriles is 1. The molecule has 5 nitrogen and oxygen atoms in total. The maximum absolute atomic E-state index is 9.30. The van der Waals surface area contributed by atoms with Crippen molar-refractivity contribution in [3.63, 3.8) is 0 Å². The van der Waals surface area contributed by atoms with Crippen LogP contribution in [0.25, 0.3) is 11.0 Å². The van der Waals surface area contributed by atoms with Gasteiger partial charge >= 0.3 is 0 Å².